The van der Waals surface area contributed by atoms with E-state index in [0.29, 0.717) is 31.2 Å². The maximum Gasteiger partial charge on any atom is 0.243 e. The van der Waals surface area contributed by atoms with Gasteiger partial charge in [-0.05, 0) is 58.6 Å². The highest BCUT2D eigenvalue weighted by atomic mass is 32.2. The van der Waals surface area contributed by atoms with Crippen LogP contribution < -0.4 is 0 Å². The lowest BCUT2D eigenvalue weighted by Gasteiger charge is -2.18. The molecule has 3 aromatic heterocycles. The summed E-state index contributed by atoms with van der Waals surface area (Å²) in [5.74, 6) is 0. The number of sulfonamides is 1. The van der Waals surface area contributed by atoms with E-state index in [1.807, 2.05) is 37.3 Å². The average Bonchev–Trinajstić information content (AvgIpc) is 3.59. The van der Waals surface area contributed by atoms with E-state index < -0.39 is 10.0 Å². The molecule has 8 heteroatoms. The van der Waals surface area contributed by atoms with Gasteiger partial charge in [-0.1, -0.05) is 38.1 Å². The molecule has 0 aliphatic rings. The molecule has 4 nitrogen and oxygen atoms in total. The summed E-state index contributed by atoms with van der Waals surface area (Å²) in [5.41, 5.74) is 2.28. The molecule has 0 atom stereocenters. The highest BCUT2D eigenvalue weighted by molar-refractivity contribution is 7.89. The minimum Gasteiger partial charge on any atom is -0.376 e. The predicted molar refractivity (Wildman–Crippen MR) is 141 cm³/mol. The first-order valence-electron chi connectivity index (χ1n) is 10.9. The molecule has 0 unspecified atom stereocenters. The highest BCUT2D eigenvalue weighted by Crippen LogP contribution is 2.41. The van der Waals surface area contributed by atoms with Crippen LogP contribution in [0.1, 0.15) is 25.0 Å². The summed E-state index contributed by atoms with van der Waals surface area (Å²) < 4.78 is 32.7. The Balaban J connectivity index is 1.38. The van der Waals surface area contributed by atoms with Crippen LogP contribution in [0.3, 0.4) is 0 Å². The highest BCUT2D eigenvalue weighted by Gasteiger charge is 2.21. The Morgan fingerprint density at radius 1 is 0.879 bits per heavy atom. The van der Waals surface area contributed by atoms with Crippen molar-refractivity contribution in [3.63, 3.8) is 0 Å². The van der Waals surface area contributed by atoms with Gasteiger partial charge in [-0.2, -0.15) is 4.31 Å². The van der Waals surface area contributed by atoms with Gasteiger partial charge in [0.05, 0.1) is 18.1 Å². The van der Waals surface area contributed by atoms with E-state index in [0.717, 1.165) is 12.0 Å². The van der Waals surface area contributed by atoms with E-state index >= 15 is 0 Å². The first kappa shape index (κ1) is 24.3. The summed E-state index contributed by atoms with van der Waals surface area (Å²) in [6, 6.07) is 17.8. The molecule has 0 radical (unpaired) electrons. The number of benzene rings is 1. The molecule has 1 aromatic carbocycles. The Morgan fingerprint density at radius 2 is 1.55 bits per heavy atom. The summed E-state index contributed by atoms with van der Waals surface area (Å²) in [7, 11) is -3.43. The smallest absolute Gasteiger partial charge is 0.243 e. The summed E-state index contributed by atoms with van der Waals surface area (Å²) in [5, 5.41) is 4.23. The number of hydrogen-bond acceptors (Lipinski definition) is 6. The van der Waals surface area contributed by atoms with Crippen molar-refractivity contribution in [2.75, 3.05) is 19.7 Å². The van der Waals surface area contributed by atoms with E-state index in [-0.39, 0.29) is 0 Å². The van der Waals surface area contributed by atoms with E-state index in [2.05, 4.69) is 41.1 Å². The Bertz CT molecular complexity index is 1240. The van der Waals surface area contributed by atoms with Crippen molar-refractivity contribution in [1.82, 2.24) is 4.31 Å². The molecule has 4 rings (SSSR count). The summed E-state index contributed by atoms with van der Waals surface area (Å²) in [4.78, 5) is 5.54. The van der Waals surface area contributed by atoms with Crippen LogP contribution in [0.25, 0.3) is 19.5 Å². The normalized spacial score (nSPS) is 12.0. The molecular weight excluding hydrogens is 491 g/mol. The van der Waals surface area contributed by atoms with Gasteiger partial charge in [-0.3, -0.25) is 0 Å². The topological polar surface area (TPSA) is 46.6 Å². The Kier molecular flexibility index (Phi) is 8.16. The van der Waals surface area contributed by atoms with Crippen molar-refractivity contribution < 1.29 is 13.2 Å². The van der Waals surface area contributed by atoms with Crippen LogP contribution in [0.15, 0.2) is 70.3 Å². The molecule has 0 amide bonds. The van der Waals surface area contributed by atoms with Gasteiger partial charge in [0.15, 0.2) is 0 Å². The Hall–Kier alpha value is -1.81. The summed E-state index contributed by atoms with van der Waals surface area (Å²) >= 11 is 5.37. The van der Waals surface area contributed by atoms with E-state index in [1.165, 1.54) is 29.4 Å². The van der Waals surface area contributed by atoms with Crippen LogP contribution in [-0.4, -0.2) is 32.4 Å². The molecule has 174 valence electrons. The van der Waals surface area contributed by atoms with Crippen molar-refractivity contribution >= 4 is 44.0 Å². The molecule has 0 N–H and O–H groups in total. The molecule has 0 spiro atoms. The minimum absolute atomic E-state index is 0.329. The van der Waals surface area contributed by atoms with Gasteiger partial charge < -0.3 is 4.74 Å². The first-order chi connectivity index (χ1) is 16.0. The number of nitrogens with zero attached hydrogens (tertiary/aromatic N) is 1. The molecule has 0 aliphatic heterocycles. The fourth-order valence-electron chi connectivity index (χ4n) is 3.61. The third-order valence-electron chi connectivity index (χ3n) is 5.37. The number of thiophene rings is 3. The second-order valence-corrected chi connectivity index (χ2v) is 12.3. The molecule has 0 saturated carbocycles. The largest absolute Gasteiger partial charge is 0.376 e. The summed E-state index contributed by atoms with van der Waals surface area (Å²) in [6.45, 7) is 5.70. The van der Waals surface area contributed by atoms with Gasteiger partial charge in [0.2, 0.25) is 10.0 Å². The van der Waals surface area contributed by atoms with Crippen molar-refractivity contribution in [1.29, 1.82) is 0 Å². The molecule has 4 aromatic rings. The van der Waals surface area contributed by atoms with Crippen LogP contribution >= 0.6 is 34.0 Å². The molecule has 3 heterocycles. The number of rotatable bonds is 11. The van der Waals surface area contributed by atoms with Crippen molar-refractivity contribution in [3.8, 4) is 19.5 Å². The molecular formula is C25H27NO3S4. The van der Waals surface area contributed by atoms with Gasteiger partial charge in [0.1, 0.15) is 0 Å². The lowest BCUT2D eigenvalue weighted by molar-refractivity contribution is 0.124. The predicted octanol–water partition coefficient (Wildman–Crippen LogP) is 6.99. The monoisotopic (exact) mass is 517 g/mol. The zero-order valence-corrected chi connectivity index (χ0v) is 22.0. The molecule has 0 saturated heterocycles. The van der Waals surface area contributed by atoms with Crippen LogP contribution in [-0.2, 0) is 27.8 Å². The van der Waals surface area contributed by atoms with Crippen molar-refractivity contribution in [2.24, 2.45) is 0 Å². The molecule has 0 aliphatic carbocycles. The maximum atomic E-state index is 12.6. The lowest BCUT2D eigenvalue weighted by atomic mass is 10.1. The van der Waals surface area contributed by atoms with Gasteiger partial charge in [-0.15, -0.1) is 34.0 Å². The van der Waals surface area contributed by atoms with Gasteiger partial charge >= 0.3 is 0 Å². The zero-order chi connectivity index (χ0) is 23.3. The Morgan fingerprint density at radius 3 is 2.15 bits per heavy atom. The third-order valence-corrected chi connectivity index (χ3v) is 10.7. The van der Waals surface area contributed by atoms with Crippen LogP contribution in [0.5, 0.6) is 0 Å². The van der Waals surface area contributed by atoms with Crippen molar-refractivity contribution in [3.05, 3.63) is 76.5 Å². The van der Waals surface area contributed by atoms with Gasteiger partial charge in [0.25, 0.3) is 0 Å². The second-order valence-electron chi connectivity index (χ2n) is 7.46. The number of ether oxygens (including phenoxy) is 1. The molecule has 33 heavy (non-hydrogen) atoms. The quantitative estimate of drug-likeness (QED) is 0.201. The zero-order valence-electron chi connectivity index (χ0n) is 18.7. The van der Waals surface area contributed by atoms with Gasteiger partial charge in [0, 0.05) is 32.6 Å². The van der Waals surface area contributed by atoms with Crippen LogP contribution in [0.4, 0.5) is 0 Å². The second kappa shape index (κ2) is 11.1. The maximum absolute atomic E-state index is 12.6. The average molecular weight is 518 g/mol. The standard InChI is InChI=1S/C25H27NO3S4/c1-3-26(4-2)33(27,28)21-11-9-19(10-12-21)18-29-14-13-20-17-24(22-7-5-15-30-22)32-25(20)23-8-6-16-31-23/h5-12,15-17H,3-4,13-14,18H2,1-2H3. The third kappa shape index (κ3) is 5.65. The lowest BCUT2D eigenvalue weighted by Crippen LogP contribution is -2.30. The molecule has 0 bridgehead atoms. The molecule has 0 fully saturated rings. The van der Waals surface area contributed by atoms with Crippen LogP contribution in [0, 0.1) is 0 Å². The van der Waals surface area contributed by atoms with Gasteiger partial charge in [-0.25, -0.2) is 8.42 Å². The fourth-order valence-corrected chi connectivity index (χ4v) is 8.00. The fraction of sp³-hybridized carbons (Fsp3) is 0.280. The van der Waals surface area contributed by atoms with E-state index in [4.69, 9.17) is 4.74 Å². The summed E-state index contributed by atoms with van der Waals surface area (Å²) in [6.07, 6.45) is 0.837. The Labute approximate surface area is 208 Å². The minimum atomic E-state index is -3.43. The van der Waals surface area contributed by atoms with Crippen LogP contribution in [0.2, 0.25) is 0 Å². The first-order valence-corrected chi connectivity index (χ1v) is 14.9. The van der Waals surface area contributed by atoms with Crippen molar-refractivity contribution in [2.45, 2.75) is 31.8 Å². The number of hydrogen-bond donors (Lipinski definition) is 0. The van der Waals surface area contributed by atoms with E-state index in [9.17, 15) is 8.42 Å². The van der Waals surface area contributed by atoms with E-state index in [1.54, 1.807) is 34.8 Å². The SMILES string of the molecule is CCN(CC)S(=O)(=O)c1ccc(COCCc2cc(-c3cccs3)sc2-c2cccs2)cc1.